The lowest BCUT2D eigenvalue weighted by Gasteiger charge is -2.30. The Bertz CT molecular complexity index is 494. The van der Waals surface area contributed by atoms with Crippen molar-refractivity contribution in [1.82, 2.24) is 0 Å². The molecule has 5 atom stereocenters. The fourth-order valence-electron chi connectivity index (χ4n) is 3.22. The zero-order chi connectivity index (χ0) is 13.4. The number of Topliss-reactive ketones (excluding diaryl/α,β-unsaturated/α-hetero) is 1. The summed E-state index contributed by atoms with van der Waals surface area (Å²) >= 11 is 0. The first kappa shape index (κ1) is 12.6. The fraction of sp³-hybridized carbons (Fsp3) is 0.438. The van der Waals surface area contributed by atoms with E-state index in [4.69, 9.17) is 0 Å². The fourth-order valence-corrected chi connectivity index (χ4v) is 3.22. The van der Waals surface area contributed by atoms with Crippen molar-refractivity contribution in [3.05, 3.63) is 48.0 Å². The summed E-state index contributed by atoms with van der Waals surface area (Å²) in [4.78, 5) is 11.4. The maximum atomic E-state index is 11.4. The van der Waals surface area contributed by atoms with Gasteiger partial charge in [0.05, 0.1) is 12.2 Å². The topological polar surface area (TPSA) is 57.5 Å². The van der Waals surface area contributed by atoms with E-state index in [9.17, 15) is 15.0 Å². The van der Waals surface area contributed by atoms with E-state index in [0.717, 1.165) is 12.0 Å². The molecule has 2 aliphatic carbocycles. The van der Waals surface area contributed by atoms with Crippen LogP contribution in [0.1, 0.15) is 24.5 Å². The van der Waals surface area contributed by atoms with E-state index in [1.807, 2.05) is 36.4 Å². The summed E-state index contributed by atoms with van der Waals surface area (Å²) in [6, 6.07) is 9.41. The molecule has 3 rings (SSSR count). The Balaban J connectivity index is 1.65. The maximum absolute atomic E-state index is 11.4. The molecule has 100 valence electrons. The third kappa shape index (κ3) is 2.24. The van der Waals surface area contributed by atoms with Crippen LogP contribution in [0.5, 0.6) is 0 Å². The smallest absolute Gasteiger partial charge is 0.136 e. The molecular weight excluding hydrogens is 240 g/mol. The van der Waals surface area contributed by atoms with Crippen LogP contribution in [-0.4, -0.2) is 22.1 Å². The number of hydrogen-bond acceptors (Lipinski definition) is 3. The number of fused-ring (bicyclic) bond motifs is 1. The number of carbonyl (C=O) groups excluding carboxylic acids is 1. The van der Waals surface area contributed by atoms with E-state index in [-0.39, 0.29) is 23.5 Å². The van der Waals surface area contributed by atoms with Gasteiger partial charge in [-0.1, -0.05) is 42.5 Å². The van der Waals surface area contributed by atoms with Crippen LogP contribution >= 0.6 is 0 Å². The SMILES string of the molecule is O=C1C[C@H]2C(O)C(C=CC(O)c3ccccc3)C[C@H]12. The van der Waals surface area contributed by atoms with Crippen LogP contribution in [0, 0.1) is 17.8 Å². The predicted molar refractivity (Wildman–Crippen MR) is 71.3 cm³/mol. The van der Waals surface area contributed by atoms with E-state index in [1.54, 1.807) is 6.08 Å². The summed E-state index contributed by atoms with van der Waals surface area (Å²) in [5.41, 5.74) is 0.838. The largest absolute Gasteiger partial charge is 0.392 e. The van der Waals surface area contributed by atoms with Crippen molar-refractivity contribution in [1.29, 1.82) is 0 Å². The van der Waals surface area contributed by atoms with Gasteiger partial charge in [0.2, 0.25) is 0 Å². The average Bonchev–Trinajstić information content (AvgIpc) is 2.69. The Morgan fingerprint density at radius 1 is 1.26 bits per heavy atom. The Morgan fingerprint density at radius 3 is 2.63 bits per heavy atom. The van der Waals surface area contributed by atoms with E-state index in [0.29, 0.717) is 6.42 Å². The van der Waals surface area contributed by atoms with Crippen molar-refractivity contribution in [2.24, 2.45) is 17.8 Å². The summed E-state index contributed by atoms with van der Waals surface area (Å²) in [7, 11) is 0. The number of ketones is 1. The van der Waals surface area contributed by atoms with Crippen LogP contribution in [0.2, 0.25) is 0 Å². The van der Waals surface area contributed by atoms with Crippen LogP contribution in [0.15, 0.2) is 42.5 Å². The zero-order valence-corrected chi connectivity index (χ0v) is 10.6. The molecule has 0 aliphatic heterocycles. The van der Waals surface area contributed by atoms with Gasteiger partial charge in [-0.2, -0.15) is 0 Å². The lowest BCUT2D eigenvalue weighted by molar-refractivity contribution is -0.135. The molecular formula is C16H18O3. The second kappa shape index (κ2) is 4.91. The number of carbonyl (C=O) groups is 1. The third-order valence-electron chi connectivity index (χ3n) is 4.45. The first-order valence-corrected chi connectivity index (χ1v) is 6.79. The van der Waals surface area contributed by atoms with Gasteiger partial charge in [0.1, 0.15) is 5.78 Å². The van der Waals surface area contributed by atoms with E-state index in [2.05, 4.69) is 0 Å². The molecule has 1 aromatic carbocycles. The highest BCUT2D eigenvalue weighted by molar-refractivity contribution is 5.88. The number of benzene rings is 1. The van der Waals surface area contributed by atoms with Gasteiger partial charge in [-0.05, 0) is 12.0 Å². The van der Waals surface area contributed by atoms with Crippen LogP contribution in [-0.2, 0) is 4.79 Å². The lowest BCUT2D eigenvalue weighted by Crippen LogP contribution is -2.38. The predicted octanol–water partition coefficient (Wildman–Crippen LogP) is 1.86. The minimum Gasteiger partial charge on any atom is -0.392 e. The minimum atomic E-state index is -0.651. The van der Waals surface area contributed by atoms with E-state index in [1.165, 1.54) is 0 Å². The summed E-state index contributed by atoms with van der Waals surface area (Å²) in [5, 5.41) is 20.1. The summed E-state index contributed by atoms with van der Waals surface area (Å²) in [6.07, 6.45) is 3.76. The van der Waals surface area contributed by atoms with Crippen LogP contribution in [0.3, 0.4) is 0 Å². The van der Waals surface area contributed by atoms with Gasteiger partial charge in [-0.15, -0.1) is 0 Å². The molecule has 0 spiro atoms. The van der Waals surface area contributed by atoms with E-state index >= 15 is 0 Å². The highest BCUT2D eigenvalue weighted by atomic mass is 16.3. The standard InChI is InChI=1S/C16H18O3/c17-14(10-4-2-1-3-5-10)7-6-11-8-12-13(16(11)19)9-15(12)18/h1-7,11-14,16-17,19H,8-9H2/t11?,12-,13+,14?,16?/m0/s1. The number of aliphatic hydroxyl groups excluding tert-OH is 2. The molecule has 0 amide bonds. The Morgan fingerprint density at radius 2 is 2.00 bits per heavy atom. The van der Waals surface area contributed by atoms with Gasteiger partial charge in [0.15, 0.2) is 0 Å². The second-order valence-electron chi connectivity index (χ2n) is 5.57. The van der Waals surface area contributed by atoms with Crippen molar-refractivity contribution < 1.29 is 15.0 Å². The second-order valence-corrected chi connectivity index (χ2v) is 5.57. The molecule has 2 saturated carbocycles. The van der Waals surface area contributed by atoms with Gasteiger partial charge in [-0.3, -0.25) is 4.79 Å². The molecule has 3 unspecified atom stereocenters. The first-order chi connectivity index (χ1) is 9.16. The molecule has 0 aromatic heterocycles. The molecule has 2 N–H and O–H groups in total. The quantitative estimate of drug-likeness (QED) is 0.814. The number of hydrogen-bond donors (Lipinski definition) is 2. The highest BCUT2D eigenvalue weighted by Gasteiger charge is 2.51. The highest BCUT2D eigenvalue weighted by Crippen LogP contribution is 2.47. The number of aliphatic hydroxyl groups is 2. The Hall–Kier alpha value is -1.45. The van der Waals surface area contributed by atoms with Gasteiger partial charge < -0.3 is 10.2 Å². The first-order valence-electron chi connectivity index (χ1n) is 6.79. The van der Waals surface area contributed by atoms with Gasteiger partial charge in [0.25, 0.3) is 0 Å². The van der Waals surface area contributed by atoms with Crippen LogP contribution in [0.4, 0.5) is 0 Å². The minimum absolute atomic E-state index is 0.000174. The van der Waals surface area contributed by atoms with Gasteiger partial charge >= 0.3 is 0 Å². The van der Waals surface area contributed by atoms with Crippen molar-refractivity contribution >= 4 is 5.78 Å². The molecule has 0 saturated heterocycles. The van der Waals surface area contributed by atoms with Crippen molar-refractivity contribution in [3.63, 3.8) is 0 Å². The monoisotopic (exact) mass is 258 g/mol. The lowest BCUT2D eigenvalue weighted by atomic mass is 9.74. The summed E-state index contributed by atoms with van der Waals surface area (Å²) in [5.74, 6) is 0.484. The molecule has 2 aliphatic rings. The van der Waals surface area contributed by atoms with Crippen LogP contribution in [0.25, 0.3) is 0 Å². The van der Waals surface area contributed by atoms with Gasteiger partial charge in [0, 0.05) is 24.2 Å². The number of rotatable bonds is 3. The molecule has 19 heavy (non-hydrogen) atoms. The molecule has 0 bridgehead atoms. The van der Waals surface area contributed by atoms with Crippen LogP contribution < -0.4 is 0 Å². The van der Waals surface area contributed by atoms with Gasteiger partial charge in [-0.25, -0.2) is 0 Å². The molecule has 1 aromatic rings. The van der Waals surface area contributed by atoms with E-state index < -0.39 is 12.2 Å². The molecule has 2 fully saturated rings. The normalized spacial score (nSPS) is 35.2. The summed E-state index contributed by atoms with van der Waals surface area (Å²) < 4.78 is 0. The molecule has 3 heteroatoms. The summed E-state index contributed by atoms with van der Waals surface area (Å²) in [6.45, 7) is 0. The molecule has 0 radical (unpaired) electrons. The molecule has 3 nitrogen and oxygen atoms in total. The van der Waals surface area contributed by atoms with Crippen molar-refractivity contribution in [2.75, 3.05) is 0 Å². The zero-order valence-electron chi connectivity index (χ0n) is 10.6. The Kier molecular flexibility index (Phi) is 3.25. The van der Waals surface area contributed by atoms with Crippen molar-refractivity contribution in [3.8, 4) is 0 Å². The third-order valence-corrected chi connectivity index (χ3v) is 4.45. The molecule has 0 heterocycles. The maximum Gasteiger partial charge on any atom is 0.136 e. The Labute approximate surface area is 112 Å². The van der Waals surface area contributed by atoms with Crippen molar-refractivity contribution in [2.45, 2.75) is 25.0 Å². The average molecular weight is 258 g/mol.